The Morgan fingerprint density at radius 3 is 2.50 bits per heavy atom. The van der Waals surface area contributed by atoms with Crippen molar-refractivity contribution in [2.24, 2.45) is 0 Å². The van der Waals surface area contributed by atoms with Gasteiger partial charge in [0.15, 0.2) is 0 Å². The average Bonchev–Trinajstić information content (AvgIpc) is 2.07. The van der Waals surface area contributed by atoms with Crippen molar-refractivity contribution in [2.75, 3.05) is 0 Å². The zero-order valence-electron chi connectivity index (χ0n) is 6.70. The monoisotopic (exact) mass is 237 g/mol. The molecule has 1 N–H and O–H groups in total. The van der Waals surface area contributed by atoms with E-state index in [9.17, 15) is 4.79 Å². The SMILES string of the molecule is O=C(O)c1ccccn1.[CH3][Zn][Cl]. The molecule has 3 nitrogen and oxygen atoms in total. The first kappa shape index (κ1) is 11.5. The Morgan fingerprint density at radius 1 is 1.67 bits per heavy atom. The van der Waals surface area contributed by atoms with Gasteiger partial charge in [0.1, 0.15) is 5.69 Å². The number of carboxylic acids is 1. The van der Waals surface area contributed by atoms with Crippen molar-refractivity contribution in [1.29, 1.82) is 0 Å². The molecule has 0 amide bonds. The molecule has 0 unspecified atom stereocenters. The molecule has 62 valence electrons. The normalized spacial score (nSPS) is 7.50. The molecule has 0 fully saturated rings. The third-order valence-corrected chi connectivity index (χ3v) is 0.884. The predicted molar refractivity (Wildman–Crippen MR) is 42.9 cm³/mol. The number of aromatic nitrogens is 1. The van der Waals surface area contributed by atoms with Gasteiger partial charge in [0.2, 0.25) is 0 Å². The first-order valence-corrected chi connectivity index (χ1v) is 10.3. The van der Waals surface area contributed by atoms with Gasteiger partial charge in [0.25, 0.3) is 0 Å². The summed E-state index contributed by atoms with van der Waals surface area (Å²) in [4.78, 5) is 13.7. The zero-order valence-corrected chi connectivity index (χ0v) is 10.4. The fraction of sp³-hybridized carbons (Fsp3) is 0.143. The minimum atomic E-state index is -0.990. The van der Waals surface area contributed by atoms with Gasteiger partial charge in [0.05, 0.1) is 0 Å². The summed E-state index contributed by atoms with van der Waals surface area (Å²) in [7, 11) is 5.19. The first-order valence-electron chi connectivity index (χ1n) is 3.42. The fourth-order valence-electron chi connectivity index (χ4n) is 0.489. The summed E-state index contributed by atoms with van der Waals surface area (Å²) < 4.78 is 0. The molecule has 1 aromatic heterocycles. The van der Waals surface area contributed by atoms with Crippen LogP contribution in [0.1, 0.15) is 10.5 Å². The van der Waals surface area contributed by atoms with E-state index in [4.69, 9.17) is 14.8 Å². The van der Waals surface area contributed by atoms with E-state index in [-0.39, 0.29) is 5.69 Å². The number of pyridine rings is 1. The van der Waals surface area contributed by atoms with Gasteiger partial charge in [0, 0.05) is 6.20 Å². The molecule has 0 spiro atoms. The van der Waals surface area contributed by atoms with Crippen molar-refractivity contribution in [3.63, 3.8) is 0 Å². The van der Waals surface area contributed by atoms with Crippen LogP contribution in [0.25, 0.3) is 0 Å². The Bertz CT molecular complexity index is 230. The summed E-state index contributed by atoms with van der Waals surface area (Å²) in [6, 6.07) is 4.76. The first-order chi connectivity index (χ1) is 5.72. The Balaban J connectivity index is 0.000000354. The maximum atomic E-state index is 10.1. The number of rotatable bonds is 1. The molecule has 5 heteroatoms. The van der Waals surface area contributed by atoms with E-state index in [0.717, 1.165) is 0 Å². The van der Waals surface area contributed by atoms with Crippen molar-refractivity contribution in [2.45, 2.75) is 5.52 Å². The second-order valence-corrected chi connectivity index (χ2v) is 5.69. The van der Waals surface area contributed by atoms with Crippen LogP contribution in [0, 0.1) is 0 Å². The van der Waals surface area contributed by atoms with Gasteiger partial charge < -0.3 is 5.11 Å². The molecule has 0 aliphatic heterocycles. The van der Waals surface area contributed by atoms with Crippen LogP contribution in [0.3, 0.4) is 0 Å². The maximum absolute atomic E-state index is 10.1. The molecule has 0 radical (unpaired) electrons. The van der Waals surface area contributed by atoms with E-state index in [0.29, 0.717) is 0 Å². The van der Waals surface area contributed by atoms with Crippen LogP contribution in [-0.2, 0) is 16.1 Å². The molecule has 0 atom stereocenters. The van der Waals surface area contributed by atoms with Crippen molar-refractivity contribution in [1.82, 2.24) is 4.98 Å². The number of halogens is 1. The summed E-state index contributed by atoms with van der Waals surface area (Å²) in [5.41, 5.74) is 2.16. The number of aromatic carboxylic acids is 1. The van der Waals surface area contributed by atoms with Crippen LogP contribution in [-0.4, -0.2) is 16.1 Å². The quantitative estimate of drug-likeness (QED) is 0.763. The summed E-state index contributed by atoms with van der Waals surface area (Å²) >= 11 is -0.403. The molecule has 0 aromatic carbocycles. The van der Waals surface area contributed by atoms with Gasteiger partial charge in [-0.15, -0.1) is 0 Å². The van der Waals surface area contributed by atoms with Crippen molar-refractivity contribution < 1.29 is 26.0 Å². The Hall–Kier alpha value is -0.467. The van der Waals surface area contributed by atoms with Crippen LogP contribution in [0.5, 0.6) is 0 Å². The van der Waals surface area contributed by atoms with Gasteiger partial charge in [-0.05, 0) is 12.1 Å². The van der Waals surface area contributed by atoms with E-state index in [1.54, 1.807) is 12.1 Å². The molecule has 12 heavy (non-hydrogen) atoms. The van der Waals surface area contributed by atoms with Gasteiger partial charge in [-0.2, -0.15) is 0 Å². The standard InChI is InChI=1S/C6H5NO2.CH3.ClH.Zn/c8-6(9)5-3-1-2-4-7-5;;;/h1-4H,(H,8,9);1H3;1H;/q;;;+1/p-1. The van der Waals surface area contributed by atoms with E-state index in [1.807, 2.05) is 0 Å². The molecule has 1 aromatic rings. The summed E-state index contributed by atoms with van der Waals surface area (Å²) in [5, 5.41) is 8.32. The van der Waals surface area contributed by atoms with E-state index in [1.165, 1.54) is 12.3 Å². The summed E-state index contributed by atoms with van der Waals surface area (Å²) in [5.74, 6) is -0.990. The van der Waals surface area contributed by atoms with Gasteiger partial charge >= 0.3 is 37.3 Å². The van der Waals surface area contributed by atoms with E-state index < -0.39 is 22.1 Å². The zero-order chi connectivity index (χ0) is 9.40. The Labute approximate surface area is 82.4 Å². The van der Waals surface area contributed by atoms with Gasteiger partial charge in [-0.25, -0.2) is 9.78 Å². The van der Waals surface area contributed by atoms with Gasteiger partial charge in [-0.3, -0.25) is 0 Å². The van der Waals surface area contributed by atoms with Crippen molar-refractivity contribution in [3.8, 4) is 0 Å². The number of carbonyl (C=O) groups is 1. The second-order valence-electron chi connectivity index (χ2n) is 1.79. The molecule has 1 heterocycles. The van der Waals surface area contributed by atoms with Crippen LogP contribution >= 0.6 is 9.69 Å². The topological polar surface area (TPSA) is 50.2 Å². The van der Waals surface area contributed by atoms with Gasteiger partial charge in [-0.1, -0.05) is 6.07 Å². The fourth-order valence-corrected chi connectivity index (χ4v) is 0.489. The molecular weight excluding hydrogens is 231 g/mol. The molecule has 0 aliphatic carbocycles. The van der Waals surface area contributed by atoms with Crippen LogP contribution in [0.2, 0.25) is 5.52 Å². The number of hydrogen-bond acceptors (Lipinski definition) is 2. The number of carboxylic acid groups (broad SMARTS) is 1. The predicted octanol–water partition coefficient (Wildman–Crippen LogP) is 2.05. The van der Waals surface area contributed by atoms with Crippen molar-refractivity contribution in [3.05, 3.63) is 30.1 Å². The molecule has 0 saturated heterocycles. The summed E-state index contributed by atoms with van der Waals surface area (Å²) in [6.07, 6.45) is 1.45. The van der Waals surface area contributed by atoms with E-state index >= 15 is 0 Å². The molecular formula is C7H8ClNO2Zn. The average molecular weight is 239 g/mol. The molecule has 0 saturated carbocycles. The van der Waals surface area contributed by atoms with Crippen LogP contribution in [0.4, 0.5) is 0 Å². The summed E-state index contributed by atoms with van der Waals surface area (Å²) in [6.45, 7) is 0. The molecule has 1 rings (SSSR count). The molecule has 0 bridgehead atoms. The molecule has 0 aliphatic rings. The Morgan fingerprint density at radius 2 is 2.25 bits per heavy atom. The van der Waals surface area contributed by atoms with E-state index in [2.05, 4.69) is 10.5 Å². The minimum absolute atomic E-state index is 0.0810. The number of nitrogens with zero attached hydrogens (tertiary/aromatic N) is 1. The third kappa shape index (κ3) is 5.22. The van der Waals surface area contributed by atoms with Crippen molar-refractivity contribution >= 4 is 15.7 Å². The second kappa shape index (κ2) is 7.20. The Kier molecular flexibility index (Phi) is 6.92. The van der Waals surface area contributed by atoms with Crippen LogP contribution < -0.4 is 0 Å². The van der Waals surface area contributed by atoms with Crippen LogP contribution in [0.15, 0.2) is 24.4 Å². The third-order valence-electron chi connectivity index (χ3n) is 0.884. The number of hydrogen-bond donors (Lipinski definition) is 1.